The summed E-state index contributed by atoms with van der Waals surface area (Å²) in [6.45, 7) is 4.13. The van der Waals surface area contributed by atoms with E-state index in [1.54, 1.807) is 18.2 Å². The molecule has 0 saturated carbocycles. The molecule has 0 aromatic heterocycles. The van der Waals surface area contributed by atoms with Gasteiger partial charge in [-0.3, -0.25) is 14.9 Å². The fraction of sp³-hybridized carbons (Fsp3) is 0.158. The van der Waals surface area contributed by atoms with Crippen LogP contribution < -0.4 is 10.6 Å². The SMILES string of the molecule is CC(C)c1ccc(NC(=O)/C(C#N)=C\Nc2ccc(Cl)c([N+](=O)[O-])c2)cc1. The Labute approximate surface area is 161 Å². The van der Waals surface area contributed by atoms with Crippen molar-refractivity contribution in [2.24, 2.45) is 0 Å². The molecule has 0 radical (unpaired) electrons. The number of amides is 1. The first-order valence-electron chi connectivity index (χ1n) is 8.04. The number of anilines is 2. The number of rotatable bonds is 6. The van der Waals surface area contributed by atoms with Crippen molar-refractivity contribution in [1.82, 2.24) is 0 Å². The average Bonchev–Trinajstić information content (AvgIpc) is 2.63. The predicted molar refractivity (Wildman–Crippen MR) is 105 cm³/mol. The first-order valence-corrected chi connectivity index (χ1v) is 8.41. The standard InChI is InChI=1S/C19H17ClN4O3/c1-12(2)13-3-5-15(6-4-13)23-19(25)14(10-21)11-22-16-7-8-17(20)18(9-16)24(26)27/h3-9,11-12,22H,1-2H3,(H,23,25)/b14-11-. The maximum Gasteiger partial charge on any atom is 0.289 e. The lowest BCUT2D eigenvalue weighted by molar-refractivity contribution is -0.384. The highest BCUT2D eigenvalue weighted by molar-refractivity contribution is 6.32. The van der Waals surface area contributed by atoms with E-state index in [9.17, 15) is 20.2 Å². The molecular weight excluding hydrogens is 368 g/mol. The van der Waals surface area contributed by atoms with E-state index in [1.165, 1.54) is 24.4 Å². The number of benzene rings is 2. The molecular formula is C19H17ClN4O3. The van der Waals surface area contributed by atoms with Crippen LogP contribution in [-0.4, -0.2) is 10.8 Å². The van der Waals surface area contributed by atoms with Gasteiger partial charge in [0.05, 0.1) is 4.92 Å². The Hall–Kier alpha value is -3.37. The van der Waals surface area contributed by atoms with Crippen LogP contribution in [0.4, 0.5) is 17.1 Å². The van der Waals surface area contributed by atoms with Crippen LogP contribution in [0.2, 0.25) is 5.02 Å². The van der Waals surface area contributed by atoms with Gasteiger partial charge in [0.1, 0.15) is 16.7 Å². The molecule has 0 aliphatic rings. The van der Waals surface area contributed by atoms with Crippen LogP contribution in [-0.2, 0) is 4.79 Å². The zero-order chi connectivity index (χ0) is 20.0. The van der Waals surface area contributed by atoms with Crippen molar-refractivity contribution in [3.05, 3.63) is 74.9 Å². The lowest BCUT2D eigenvalue weighted by atomic mass is 10.0. The van der Waals surface area contributed by atoms with E-state index in [1.807, 2.05) is 12.1 Å². The molecule has 0 unspecified atom stereocenters. The minimum atomic E-state index is -0.615. The molecule has 0 heterocycles. The van der Waals surface area contributed by atoms with Gasteiger partial charge in [-0.05, 0) is 35.7 Å². The highest BCUT2D eigenvalue weighted by Crippen LogP contribution is 2.27. The first kappa shape index (κ1) is 19.9. The Morgan fingerprint density at radius 1 is 1.22 bits per heavy atom. The highest BCUT2D eigenvalue weighted by atomic mass is 35.5. The third-order valence-corrected chi connectivity index (χ3v) is 4.05. The second-order valence-electron chi connectivity index (χ2n) is 5.97. The molecule has 138 valence electrons. The topological polar surface area (TPSA) is 108 Å². The summed E-state index contributed by atoms with van der Waals surface area (Å²) in [5.41, 5.74) is 1.57. The molecule has 2 rings (SSSR count). The average molecular weight is 385 g/mol. The Bertz CT molecular complexity index is 931. The summed E-state index contributed by atoms with van der Waals surface area (Å²) in [5.74, 6) is -0.220. The summed E-state index contributed by atoms with van der Waals surface area (Å²) < 4.78 is 0. The van der Waals surface area contributed by atoms with Gasteiger partial charge in [0.15, 0.2) is 0 Å². The summed E-state index contributed by atoms with van der Waals surface area (Å²) in [6, 6.07) is 13.2. The van der Waals surface area contributed by atoms with Gasteiger partial charge in [0, 0.05) is 23.6 Å². The van der Waals surface area contributed by atoms with Crippen molar-refractivity contribution in [3.8, 4) is 6.07 Å². The van der Waals surface area contributed by atoms with Gasteiger partial charge in [-0.2, -0.15) is 5.26 Å². The summed E-state index contributed by atoms with van der Waals surface area (Å²) >= 11 is 5.75. The van der Waals surface area contributed by atoms with Crippen LogP contribution in [0.5, 0.6) is 0 Å². The number of nitrogens with one attached hydrogen (secondary N) is 2. The zero-order valence-corrected chi connectivity index (χ0v) is 15.4. The number of halogens is 1. The molecule has 0 spiro atoms. The minimum Gasteiger partial charge on any atom is -0.360 e. The van der Waals surface area contributed by atoms with Crippen molar-refractivity contribution in [2.75, 3.05) is 10.6 Å². The molecule has 0 fully saturated rings. The molecule has 0 saturated heterocycles. The maximum absolute atomic E-state index is 12.2. The van der Waals surface area contributed by atoms with Crippen LogP contribution in [0.3, 0.4) is 0 Å². The lowest BCUT2D eigenvalue weighted by Gasteiger charge is -2.08. The number of carbonyl (C=O) groups is 1. The number of hydrogen-bond acceptors (Lipinski definition) is 5. The second kappa shape index (κ2) is 8.83. The molecule has 8 heteroatoms. The van der Waals surface area contributed by atoms with Gasteiger partial charge in [-0.1, -0.05) is 37.6 Å². The van der Waals surface area contributed by atoms with Crippen LogP contribution in [0.25, 0.3) is 0 Å². The summed E-state index contributed by atoms with van der Waals surface area (Å²) in [5, 5.41) is 25.4. The molecule has 7 nitrogen and oxygen atoms in total. The van der Waals surface area contributed by atoms with Gasteiger partial charge in [0.2, 0.25) is 0 Å². The zero-order valence-electron chi connectivity index (χ0n) is 14.7. The Kier molecular flexibility index (Phi) is 6.52. The number of hydrogen-bond donors (Lipinski definition) is 2. The quantitative estimate of drug-likeness (QED) is 0.321. The van der Waals surface area contributed by atoms with Gasteiger partial charge in [-0.25, -0.2) is 0 Å². The maximum atomic E-state index is 12.2. The number of nitrogens with zero attached hydrogens (tertiary/aromatic N) is 2. The molecule has 1 amide bonds. The molecule has 0 atom stereocenters. The number of nitriles is 1. The number of carbonyl (C=O) groups excluding carboxylic acids is 1. The fourth-order valence-electron chi connectivity index (χ4n) is 2.20. The van der Waals surface area contributed by atoms with Gasteiger partial charge in [-0.15, -0.1) is 0 Å². The van der Waals surface area contributed by atoms with Crippen molar-refractivity contribution >= 4 is 34.6 Å². The smallest absolute Gasteiger partial charge is 0.289 e. The van der Waals surface area contributed by atoms with E-state index in [0.29, 0.717) is 17.3 Å². The van der Waals surface area contributed by atoms with E-state index in [-0.39, 0.29) is 16.3 Å². The monoisotopic (exact) mass is 384 g/mol. The summed E-state index contributed by atoms with van der Waals surface area (Å²) in [7, 11) is 0. The van der Waals surface area contributed by atoms with Crippen molar-refractivity contribution in [2.45, 2.75) is 19.8 Å². The van der Waals surface area contributed by atoms with Crippen molar-refractivity contribution < 1.29 is 9.72 Å². The predicted octanol–water partition coefficient (Wildman–Crippen LogP) is 4.83. The van der Waals surface area contributed by atoms with Gasteiger partial charge in [0.25, 0.3) is 11.6 Å². The summed E-state index contributed by atoms with van der Waals surface area (Å²) in [4.78, 5) is 22.5. The second-order valence-corrected chi connectivity index (χ2v) is 6.38. The molecule has 2 aromatic carbocycles. The van der Waals surface area contributed by atoms with E-state index < -0.39 is 10.8 Å². The van der Waals surface area contributed by atoms with Crippen LogP contribution >= 0.6 is 11.6 Å². The minimum absolute atomic E-state index is 0.00220. The third-order valence-electron chi connectivity index (χ3n) is 3.73. The van der Waals surface area contributed by atoms with Crippen molar-refractivity contribution in [1.29, 1.82) is 5.26 Å². The lowest BCUT2D eigenvalue weighted by Crippen LogP contribution is -2.14. The molecule has 27 heavy (non-hydrogen) atoms. The van der Waals surface area contributed by atoms with E-state index in [2.05, 4.69) is 24.5 Å². The molecule has 0 bridgehead atoms. The van der Waals surface area contributed by atoms with Crippen LogP contribution in [0.1, 0.15) is 25.3 Å². The highest BCUT2D eigenvalue weighted by Gasteiger charge is 2.13. The molecule has 2 N–H and O–H groups in total. The largest absolute Gasteiger partial charge is 0.360 e. The molecule has 2 aromatic rings. The Balaban J connectivity index is 2.11. The van der Waals surface area contributed by atoms with Crippen LogP contribution in [0.15, 0.2) is 54.2 Å². The third kappa shape index (κ3) is 5.30. The molecule has 0 aliphatic heterocycles. The van der Waals surface area contributed by atoms with E-state index >= 15 is 0 Å². The fourth-order valence-corrected chi connectivity index (χ4v) is 2.38. The van der Waals surface area contributed by atoms with Gasteiger partial charge >= 0.3 is 0 Å². The van der Waals surface area contributed by atoms with E-state index in [0.717, 1.165) is 5.56 Å². The number of nitro benzene ring substituents is 1. The summed E-state index contributed by atoms with van der Waals surface area (Å²) in [6.07, 6.45) is 1.19. The first-order chi connectivity index (χ1) is 12.8. The Morgan fingerprint density at radius 2 is 1.85 bits per heavy atom. The van der Waals surface area contributed by atoms with E-state index in [4.69, 9.17) is 11.6 Å². The van der Waals surface area contributed by atoms with Crippen molar-refractivity contribution in [3.63, 3.8) is 0 Å². The molecule has 0 aliphatic carbocycles. The normalized spacial score (nSPS) is 11.0. The number of nitro groups is 1. The van der Waals surface area contributed by atoms with Gasteiger partial charge < -0.3 is 10.6 Å². The van der Waals surface area contributed by atoms with Crippen LogP contribution in [0, 0.1) is 21.4 Å². The Morgan fingerprint density at radius 3 is 2.41 bits per heavy atom.